The largest absolute Gasteiger partial charge is 0.325 e. The van der Waals surface area contributed by atoms with Gasteiger partial charge >= 0.3 is 5.69 Å². The Morgan fingerprint density at radius 2 is 1.83 bits per heavy atom. The molecule has 2 heterocycles. The summed E-state index contributed by atoms with van der Waals surface area (Å²) in [4.78, 5) is 27.3. The lowest BCUT2D eigenvalue weighted by Crippen LogP contribution is -2.23. The highest BCUT2D eigenvalue weighted by Crippen LogP contribution is 2.41. The van der Waals surface area contributed by atoms with Crippen LogP contribution in [0.25, 0.3) is 11.3 Å². The van der Waals surface area contributed by atoms with E-state index in [1.807, 2.05) is 26.8 Å². The zero-order valence-corrected chi connectivity index (χ0v) is 14.6. The zero-order valence-electron chi connectivity index (χ0n) is 14.6. The summed E-state index contributed by atoms with van der Waals surface area (Å²) in [5.74, 6) is 0.543. The van der Waals surface area contributed by atoms with Gasteiger partial charge in [-0.25, -0.2) is 4.79 Å². The molecule has 0 unspecified atom stereocenters. The molecular weight excluding hydrogens is 292 g/mol. The van der Waals surface area contributed by atoms with E-state index in [1.165, 1.54) is 12.6 Å². The Morgan fingerprint density at radius 1 is 1.22 bits per heavy atom. The fourth-order valence-electron chi connectivity index (χ4n) is 2.01. The van der Waals surface area contributed by atoms with Gasteiger partial charge in [-0.3, -0.25) is 9.78 Å². The summed E-state index contributed by atoms with van der Waals surface area (Å²) in [7, 11) is 0. The highest BCUT2D eigenvalue weighted by Gasteiger charge is 2.26. The number of aromatic amines is 2. The normalized spacial score (nSPS) is 12.6. The molecule has 6 heteroatoms. The minimum atomic E-state index is -0.522. The first kappa shape index (κ1) is 18.8. The summed E-state index contributed by atoms with van der Waals surface area (Å²) in [6, 6.07) is 1.89. The van der Waals surface area contributed by atoms with Gasteiger partial charge in [0, 0.05) is 9.05 Å². The number of aromatic nitrogens is 4. The maximum absolute atomic E-state index is 11.7. The molecule has 2 aromatic rings. The first-order chi connectivity index (χ1) is 11.1. The van der Waals surface area contributed by atoms with Crippen LogP contribution < -0.4 is 11.2 Å². The van der Waals surface area contributed by atoms with Crippen LogP contribution in [0.3, 0.4) is 0 Å². The summed E-state index contributed by atoms with van der Waals surface area (Å²) >= 11 is 0. The fraction of sp³-hybridized carbons (Fsp3) is 0.529. The van der Waals surface area contributed by atoms with Gasteiger partial charge in [0.05, 0.1) is 11.3 Å². The molecule has 0 radical (unpaired) electrons. The van der Waals surface area contributed by atoms with E-state index in [0.717, 1.165) is 24.1 Å². The predicted octanol–water partition coefficient (Wildman–Crippen LogP) is 3.64. The van der Waals surface area contributed by atoms with Gasteiger partial charge in [0.2, 0.25) is 0 Å². The van der Waals surface area contributed by atoms with Crippen molar-refractivity contribution in [2.75, 3.05) is 0 Å². The number of hydrogen-bond acceptors (Lipinski definition) is 4. The van der Waals surface area contributed by atoms with Gasteiger partial charge in [-0.15, -0.1) is 5.10 Å². The van der Waals surface area contributed by atoms with Gasteiger partial charge < -0.3 is 4.98 Å². The van der Waals surface area contributed by atoms with Crippen LogP contribution in [0.15, 0.2) is 21.9 Å². The van der Waals surface area contributed by atoms with Crippen molar-refractivity contribution in [1.82, 2.24) is 20.2 Å². The van der Waals surface area contributed by atoms with E-state index in [0.29, 0.717) is 17.2 Å². The van der Waals surface area contributed by atoms with Gasteiger partial charge in [0.1, 0.15) is 5.69 Å². The first-order valence-corrected chi connectivity index (χ1v) is 8.23. The number of hydrogen-bond donors (Lipinski definition) is 2. The number of aryl methyl sites for hydroxylation is 1. The standard InChI is InChI=1S/C12H12N4O2.C3H8.C2H6.2H2/c1-6-8(7-2-3-7)4-10(16-15-6)9-5-13-12(18)14-11(9)17;1-3-2;1-2;;/h4-5,7H,2-3H2,1H3,(H2,13,14,17,18);3H2,1-2H3;1-2H3;2*1H. The van der Waals surface area contributed by atoms with E-state index in [-0.39, 0.29) is 2.85 Å². The molecule has 0 saturated heterocycles. The van der Waals surface area contributed by atoms with E-state index in [2.05, 4.69) is 34.0 Å². The first-order valence-electron chi connectivity index (χ1n) is 8.23. The van der Waals surface area contributed by atoms with Crippen molar-refractivity contribution in [1.29, 1.82) is 0 Å². The van der Waals surface area contributed by atoms with E-state index < -0.39 is 11.2 Å². The topological polar surface area (TPSA) is 91.5 Å². The monoisotopic (exact) mass is 322 g/mol. The van der Waals surface area contributed by atoms with Gasteiger partial charge in [-0.1, -0.05) is 34.1 Å². The average Bonchev–Trinajstić information content (AvgIpc) is 3.36. The Hall–Kier alpha value is -2.24. The van der Waals surface area contributed by atoms with Crippen molar-refractivity contribution < 1.29 is 2.85 Å². The predicted molar refractivity (Wildman–Crippen MR) is 97.0 cm³/mol. The molecule has 0 amide bonds. The van der Waals surface area contributed by atoms with Crippen molar-refractivity contribution in [3.8, 4) is 11.3 Å². The van der Waals surface area contributed by atoms with Gasteiger partial charge in [-0.05, 0) is 37.3 Å². The molecule has 0 atom stereocenters. The van der Waals surface area contributed by atoms with Crippen molar-refractivity contribution in [2.45, 2.75) is 59.8 Å². The quantitative estimate of drug-likeness (QED) is 0.883. The van der Waals surface area contributed by atoms with Crippen molar-refractivity contribution >= 4 is 0 Å². The van der Waals surface area contributed by atoms with Crippen LogP contribution in [0.5, 0.6) is 0 Å². The lowest BCUT2D eigenvalue weighted by Gasteiger charge is -2.04. The molecular formula is C17H30N4O2. The summed E-state index contributed by atoms with van der Waals surface area (Å²) in [6.45, 7) is 10.2. The summed E-state index contributed by atoms with van der Waals surface area (Å²) in [5.41, 5.74) is 1.92. The van der Waals surface area contributed by atoms with Crippen molar-refractivity contribution in [3.05, 3.63) is 44.4 Å². The Morgan fingerprint density at radius 3 is 2.35 bits per heavy atom. The molecule has 1 fully saturated rings. The Kier molecular flexibility index (Phi) is 7.38. The van der Waals surface area contributed by atoms with Crippen molar-refractivity contribution in [2.24, 2.45) is 0 Å². The third-order valence-electron chi connectivity index (χ3n) is 3.13. The Bertz CT molecular complexity index is 740. The molecule has 1 aliphatic carbocycles. The van der Waals surface area contributed by atoms with Gasteiger partial charge in [-0.2, -0.15) is 5.10 Å². The number of nitrogens with zero attached hydrogens (tertiary/aromatic N) is 2. The van der Waals surface area contributed by atoms with Crippen LogP contribution in [0.4, 0.5) is 0 Å². The van der Waals surface area contributed by atoms with E-state index in [9.17, 15) is 9.59 Å². The summed E-state index contributed by atoms with van der Waals surface area (Å²) in [6.07, 6.45) is 4.94. The minimum absolute atomic E-state index is 0. The average molecular weight is 322 g/mol. The summed E-state index contributed by atoms with van der Waals surface area (Å²) < 4.78 is 0. The van der Waals surface area contributed by atoms with Gasteiger partial charge in [0.15, 0.2) is 0 Å². The smallest absolute Gasteiger partial charge is 0.313 e. The maximum atomic E-state index is 11.7. The third-order valence-corrected chi connectivity index (χ3v) is 3.13. The molecule has 0 spiro atoms. The lowest BCUT2D eigenvalue weighted by atomic mass is 10.1. The molecule has 1 aliphatic rings. The van der Waals surface area contributed by atoms with Crippen LogP contribution in [0, 0.1) is 6.92 Å². The molecule has 0 aromatic carbocycles. The zero-order chi connectivity index (χ0) is 17.4. The third kappa shape index (κ3) is 5.16. The second-order valence-corrected chi connectivity index (χ2v) is 5.24. The molecule has 2 aromatic heterocycles. The number of nitrogens with one attached hydrogen (secondary N) is 2. The number of rotatable bonds is 2. The SMILES string of the molecule is CC.CCC.Cc1nnc(-c2c[nH]c(=O)[nH]c2=O)cc1C1CC1.[HH].[HH]. The van der Waals surface area contributed by atoms with Crippen LogP contribution >= 0.6 is 0 Å². The molecule has 3 rings (SSSR count). The molecule has 130 valence electrons. The second-order valence-electron chi connectivity index (χ2n) is 5.24. The summed E-state index contributed by atoms with van der Waals surface area (Å²) in [5, 5.41) is 8.10. The van der Waals surface area contributed by atoms with Crippen LogP contribution in [0.1, 0.15) is 67.0 Å². The van der Waals surface area contributed by atoms with Crippen LogP contribution in [0.2, 0.25) is 0 Å². The van der Waals surface area contributed by atoms with Gasteiger partial charge in [0.25, 0.3) is 5.56 Å². The number of H-pyrrole nitrogens is 2. The molecule has 2 N–H and O–H groups in total. The van der Waals surface area contributed by atoms with Crippen molar-refractivity contribution in [3.63, 3.8) is 0 Å². The molecule has 1 saturated carbocycles. The van der Waals surface area contributed by atoms with E-state index in [1.54, 1.807) is 0 Å². The molecule has 23 heavy (non-hydrogen) atoms. The van der Waals surface area contributed by atoms with Crippen LogP contribution in [-0.4, -0.2) is 20.2 Å². The second kappa shape index (κ2) is 9.02. The molecule has 0 aliphatic heterocycles. The maximum Gasteiger partial charge on any atom is 0.325 e. The highest BCUT2D eigenvalue weighted by atomic mass is 16.2. The Balaban J connectivity index is 0. The van der Waals surface area contributed by atoms with E-state index in [4.69, 9.17) is 0 Å². The molecule has 0 bridgehead atoms. The Labute approximate surface area is 139 Å². The molecule has 6 nitrogen and oxygen atoms in total. The minimum Gasteiger partial charge on any atom is -0.313 e. The van der Waals surface area contributed by atoms with E-state index >= 15 is 0 Å². The fourth-order valence-corrected chi connectivity index (χ4v) is 2.01. The lowest BCUT2D eigenvalue weighted by molar-refractivity contribution is 0.926. The highest BCUT2D eigenvalue weighted by molar-refractivity contribution is 5.57. The van der Waals surface area contributed by atoms with Crippen LogP contribution in [-0.2, 0) is 0 Å².